The van der Waals surface area contributed by atoms with Gasteiger partial charge in [0, 0.05) is 12.8 Å². The van der Waals surface area contributed by atoms with Gasteiger partial charge in [0.15, 0.2) is 0 Å². The minimum absolute atomic E-state index is 0.819. The van der Waals surface area contributed by atoms with Crippen LogP contribution >= 0.6 is 0 Å². The van der Waals surface area contributed by atoms with Gasteiger partial charge in [-0.05, 0) is 0 Å². The molecule has 56 valence electrons. The lowest BCUT2D eigenvalue weighted by Crippen LogP contribution is -2.06. The predicted molar refractivity (Wildman–Crippen MR) is 44.1 cm³/mol. The van der Waals surface area contributed by atoms with Gasteiger partial charge in [-0.1, -0.05) is 27.7 Å². The van der Waals surface area contributed by atoms with E-state index < -0.39 is 0 Å². The molecular weight excluding hydrogens is 112 g/mol. The molecule has 0 aromatic rings. The molecule has 0 bridgehead atoms. The van der Waals surface area contributed by atoms with Gasteiger partial charge in [-0.15, -0.1) is 0 Å². The van der Waals surface area contributed by atoms with Crippen LogP contribution in [0.15, 0.2) is 4.99 Å². The summed E-state index contributed by atoms with van der Waals surface area (Å²) in [4.78, 5) is 3.85. The second-order valence-corrected chi connectivity index (χ2v) is 0.977. The standard InChI is InChI=1S/C3H6N2.2C2H6/c1-2-5-3-4-1;2*1-2/h1,5H,2-3H2;2*1-2H3. The third-order valence-electron chi connectivity index (χ3n) is 0.568. The summed E-state index contributed by atoms with van der Waals surface area (Å²) in [6.07, 6.45) is 1.88. The topological polar surface area (TPSA) is 24.4 Å². The minimum Gasteiger partial charge on any atom is -0.293 e. The predicted octanol–water partition coefficient (Wildman–Crippen LogP) is 1.67. The van der Waals surface area contributed by atoms with Crippen LogP contribution in [0.3, 0.4) is 0 Å². The zero-order valence-electron chi connectivity index (χ0n) is 6.94. The van der Waals surface area contributed by atoms with Gasteiger partial charge in [-0.25, -0.2) is 0 Å². The fraction of sp³-hybridized carbons (Fsp3) is 0.857. The Kier molecular flexibility index (Phi) is 19.9. The van der Waals surface area contributed by atoms with Crippen molar-refractivity contribution in [1.82, 2.24) is 5.32 Å². The van der Waals surface area contributed by atoms with Gasteiger partial charge in [-0.2, -0.15) is 0 Å². The Morgan fingerprint density at radius 2 is 1.78 bits per heavy atom. The molecule has 0 spiro atoms. The summed E-state index contributed by atoms with van der Waals surface area (Å²) in [6.45, 7) is 9.78. The van der Waals surface area contributed by atoms with E-state index in [0.29, 0.717) is 0 Å². The lowest BCUT2D eigenvalue weighted by molar-refractivity contribution is 0.851. The zero-order chi connectivity index (χ0) is 7.54. The van der Waals surface area contributed by atoms with Gasteiger partial charge in [0.05, 0.1) is 6.67 Å². The van der Waals surface area contributed by atoms with Crippen molar-refractivity contribution in [2.75, 3.05) is 13.2 Å². The maximum atomic E-state index is 3.85. The molecule has 0 radical (unpaired) electrons. The number of hydrogen-bond acceptors (Lipinski definition) is 2. The summed E-state index contributed by atoms with van der Waals surface area (Å²) >= 11 is 0. The SMILES string of the molecule is C1=NCNC1.CC.CC. The van der Waals surface area contributed by atoms with Gasteiger partial charge >= 0.3 is 0 Å². The third kappa shape index (κ3) is 11.3. The summed E-state index contributed by atoms with van der Waals surface area (Å²) in [7, 11) is 0. The normalized spacial score (nSPS) is 12.9. The zero-order valence-corrected chi connectivity index (χ0v) is 6.94. The molecule has 0 unspecified atom stereocenters. The Morgan fingerprint density at radius 1 is 1.22 bits per heavy atom. The Balaban J connectivity index is 0. The highest BCUT2D eigenvalue weighted by atomic mass is 15.0. The first kappa shape index (κ1) is 11.4. The summed E-state index contributed by atoms with van der Waals surface area (Å²) < 4.78 is 0. The Morgan fingerprint density at radius 3 is 1.89 bits per heavy atom. The van der Waals surface area contributed by atoms with Crippen LogP contribution in [-0.2, 0) is 0 Å². The molecule has 2 heteroatoms. The van der Waals surface area contributed by atoms with E-state index in [2.05, 4.69) is 10.3 Å². The molecule has 0 saturated carbocycles. The van der Waals surface area contributed by atoms with Crippen molar-refractivity contribution in [3.05, 3.63) is 0 Å². The third-order valence-corrected chi connectivity index (χ3v) is 0.568. The van der Waals surface area contributed by atoms with E-state index in [0.717, 1.165) is 13.2 Å². The molecule has 1 aliphatic heterocycles. The van der Waals surface area contributed by atoms with Crippen molar-refractivity contribution in [1.29, 1.82) is 0 Å². The van der Waals surface area contributed by atoms with E-state index in [1.165, 1.54) is 0 Å². The largest absolute Gasteiger partial charge is 0.293 e. The van der Waals surface area contributed by atoms with Gasteiger partial charge < -0.3 is 0 Å². The first-order valence-electron chi connectivity index (χ1n) is 3.69. The number of nitrogens with zero attached hydrogens (tertiary/aromatic N) is 1. The van der Waals surface area contributed by atoms with Crippen molar-refractivity contribution < 1.29 is 0 Å². The molecule has 0 aromatic carbocycles. The Bertz CT molecular complexity index is 44.9. The van der Waals surface area contributed by atoms with Crippen LogP contribution in [0.4, 0.5) is 0 Å². The molecule has 1 rings (SSSR count). The molecule has 0 aromatic heterocycles. The second-order valence-electron chi connectivity index (χ2n) is 0.977. The van der Waals surface area contributed by atoms with Crippen molar-refractivity contribution in [2.24, 2.45) is 4.99 Å². The van der Waals surface area contributed by atoms with E-state index in [1.54, 1.807) is 0 Å². The molecule has 1 heterocycles. The maximum absolute atomic E-state index is 3.85. The van der Waals surface area contributed by atoms with E-state index in [4.69, 9.17) is 0 Å². The molecule has 0 fully saturated rings. The quantitative estimate of drug-likeness (QED) is 0.530. The summed E-state index contributed by atoms with van der Waals surface area (Å²) in [6, 6.07) is 0. The summed E-state index contributed by atoms with van der Waals surface area (Å²) in [5.41, 5.74) is 0. The molecule has 0 atom stereocenters. The summed E-state index contributed by atoms with van der Waals surface area (Å²) in [5, 5.41) is 3.00. The van der Waals surface area contributed by atoms with Crippen LogP contribution in [0.5, 0.6) is 0 Å². The average molecular weight is 130 g/mol. The van der Waals surface area contributed by atoms with Gasteiger partial charge in [0.25, 0.3) is 0 Å². The second kappa shape index (κ2) is 15.6. The highest BCUT2D eigenvalue weighted by molar-refractivity contribution is 5.61. The van der Waals surface area contributed by atoms with Crippen molar-refractivity contribution in [3.63, 3.8) is 0 Å². The lowest BCUT2D eigenvalue weighted by atomic mass is 10.8. The van der Waals surface area contributed by atoms with E-state index in [1.807, 2.05) is 33.9 Å². The fourth-order valence-electron chi connectivity index (χ4n) is 0.323. The molecule has 0 amide bonds. The monoisotopic (exact) mass is 130 g/mol. The Hall–Kier alpha value is -0.370. The molecular formula is C7H18N2. The Labute approximate surface area is 58.4 Å². The number of nitrogens with one attached hydrogen (secondary N) is 1. The van der Waals surface area contributed by atoms with Crippen LogP contribution in [0.2, 0.25) is 0 Å². The molecule has 0 saturated heterocycles. The first-order chi connectivity index (χ1) is 4.50. The number of hydrogen-bond donors (Lipinski definition) is 1. The molecule has 9 heavy (non-hydrogen) atoms. The highest BCUT2D eigenvalue weighted by Crippen LogP contribution is 1.67. The average Bonchev–Trinajstić information content (AvgIpc) is 2.51. The lowest BCUT2D eigenvalue weighted by Gasteiger charge is -1.75. The van der Waals surface area contributed by atoms with E-state index in [-0.39, 0.29) is 0 Å². The number of rotatable bonds is 0. The maximum Gasteiger partial charge on any atom is 0.0883 e. The molecule has 1 aliphatic rings. The van der Waals surface area contributed by atoms with Crippen LogP contribution in [0.1, 0.15) is 27.7 Å². The molecule has 1 N–H and O–H groups in total. The fourth-order valence-corrected chi connectivity index (χ4v) is 0.323. The minimum atomic E-state index is 0.819. The molecule has 2 nitrogen and oxygen atoms in total. The number of aliphatic imine (C=N–C) groups is 1. The van der Waals surface area contributed by atoms with Crippen molar-refractivity contribution >= 4 is 6.21 Å². The van der Waals surface area contributed by atoms with Crippen LogP contribution in [-0.4, -0.2) is 19.4 Å². The first-order valence-corrected chi connectivity index (χ1v) is 3.69. The van der Waals surface area contributed by atoms with Crippen LogP contribution in [0, 0.1) is 0 Å². The van der Waals surface area contributed by atoms with Crippen LogP contribution < -0.4 is 5.32 Å². The van der Waals surface area contributed by atoms with Gasteiger partial charge in [-0.3, -0.25) is 10.3 Å². The van der Waals surface area contributed by atoms with Gasteiger partial charge in [0.2, 0.25) is 0 Å². The van der Waals surface area contributed by atoms with E-state index >= 15 is 0 Å². The van der Waals surface area contributed by atoms with Gasteiger partial charge in [0.1, 0.15) is 0 Å². The highest BCUT2D eigenvalue weighted by Gasteiger charge is 1.82. The van der Waals surface area contributed by atoms with Crippen molar-refractivity contribution in [2.45, 2.75) is 27.7 Å². The molecule has 0 aliphatic carbocycles. The van der Waals surface area contributed by atoms with Crippen LogP contribution in [0.25, 0.3) is 0 Å². The van der Waals surface area contributed by atoms with E-state index in [9.17, 15) is 0 Å². The smallest absolute Gasteiger partial charge is 0.0883 e. The summed E-state index contributed by atoms with van der Waals surface area (Å²) in [5.74, 6) is 0. The van der Waals surface area contributed by atoms with Crippen molar-refractivity contribution in [3.8, 4) is 0 Å².